The maximum absolute atomic E-state index is 14.3. The maximum Gasteiger partial charge on any atom is 0.251 e. The average molecular weight is 377 g/mol. The van der Waals surface area contributed by atoms with Crippen LogP contribution in [0.4, 0.5) is 8.78 Å². The van der Waals surface area contributed by atoms with Crippen molar-refractivity contribution >= 4 is 0 Å². The molecule has 150 valence electrons. The van der Waals surface area contributed by atoms with Crippen molar-refractivity contribution in [2.45, 2.75) is 76.6 Å². The van der Waals surface area contributed by atoms with Gasteiger partial charge in [-0.15, -0.1) is 6.58 Å². The van der Waals surface area contributed by atoms with Gasteiger partial charge in [0.15, 0.2) is 0 Å². The summed E-state index contributed by atoms with van der Waals surface area (Å²) in [7, 11) is 0. The van der Waals surface area contributed by atoms with Crippen LogP contribution in [0.5, 0.6) is 5.75 Å². The molecular formula is C24H34F2O. The van der Waals surface area contributed by atoms with Crippen LogP contribution in [0.2, 0.25) is 0 Å². The van der Waals surface area contributed by atoms with Crippen molar-refractivity contribution in [1.82, 2.24) is 0 Å². The van der Waals surface area contributed by atoms with E-state index >= 15 is 0 Å². The molecule has 0 N–H and O–H groups in total. The zero-order valence-electron chi connectivity index (χ0n) is 16.6. The molecule has 0 amide bonds. The summed E-state index contributed by atoms with van der Waals surface area (Å²) in [5, 5.41) is 0. The van der Waals surface area contributed by atoms with Gasteiger partial charge in [-0.25, -0.2) is 8.78 Å². The maximum atomic E-state index is 14.3. The normalized spacial score (nSPS) is 30.6. The van der Waals surface area contributed by atoms with Crippen molar-refractivity contribution in [3.05, 3.63) is 42.5 Å². The van der Waals surface area contributed by atoms with Gasteiger partial charge in [0.2, 0.25) is 0 Å². The summed E-state index contributed by atoms with van der Waals surface area (Å²) in [5.74, 6) is -0.649. The van der Waals surface area contributed by atoms with Crippen molar-refractivity contribution in [3.63, 3.8) is 0 Å². The van der Waals surface area contributed by atoms with E-state index < -0.39 is 11.8 Å². The molecular weight excluding hydrogens is 342 g/mol. The largest absolute Gasteiger partial charge is 0.493 e. The smallest absolute Gasteiger partial charge is 0.251 e. The van der Waals surface area contributed by atoms with Crippen LogP contribution in [-0.2, 0) is 0 Å². The zero-order valence-corrected chi connectivity index (χ0v) is 16.6. The molecule has 2 saturated carbocycles. The van der Waals surface area contributed by atoms with Gasteiger partial charge in [0, 0.05) is 12.3 Å². The van der Waals surface area contributed by atoms with Crippen molar-refractivity contribution in [3.8, 4) is 5.75 Å². The van der Waals surface area contributed by atoms with Gasteiger partial charge < -0.3 is 4.74 Å². The van der Waals surface area contributed by atoms with Crippen LogP contribution in [0.3, 0.4) is 0 Å². The molecule has 2 aliphatic carbocycles. The lowest BCUT2D eigenvalue weighted by Gasteiger charge is -2.41. The van der Waals surface area contributed by atoms with Crippen molar-refractivity contribution in [1.29, 1.82) is 0 Å². The predicted molar refractivity (Wildman–Crippen MR) is 108 cm³/mol. The highest BCUT2D eigenvalue weighted by atomic mass is 19.3. The number of benzene rings is 1. The van der Waals surface area contributed by atoms with Crippen LogP contribution in [0.1, 0.15) is 76.2 Å². The van der Waals surface area contributed by atoms with Gasteiger partial charge in [0.1, 0.15) is 5.75 Å². The fourth-order valence-electron chi connectivity index (χ4n) is 5.17. The summed E-state index contributed by atoms with van der Waals surface area (Å²) < 4.78 is 34.4. The second kappa shape index (κ2) is 9.21. The Balaban J connectivity index is 1.49. The molecule has 0 saturated heterocycles. The molecule has 1 aromatic rings. The molecule has 0 aromatic heterocycles. The summed E-state index contributed by atoms with van der Waals surface area (Å²) in [4.78, 5) is 0. The Morgan fingerprint density at radius 2 is 1.70 bits per heavy atom. The summed E-state index contributed by atoms with van der Waals surface area (Å²) in [6.45, 7) is 6.27. The van der Waals surface area contributed by atoms with Crippen LogP contribution in [0.25, 0.3) is 0 Å². The summed E-state index contributed by atoms with van der Waals surface area (Å²) in [6, 6.07) is 8.46. The number of hydrogen-bond acceptors (Lipinski definition) is 1. The highest BCUT2D eigenvalue weighted by molar-refractivity contribution is 5.29. The molecule has 2 atom stereocenters. The number of ether oxygens (including phenoxy) is 1. The van der Waals surface area contributed by atoms with E-state index in [2.05, 4.69) is 30.8 Å². The minimum atomic E-state index is -2.45. The van der Waals surface area contributed by atoms with Crippen LogP contribution < -0.4 is 4.74 Å². The van der Waals surface area contributed by atoms with E-state index in [-0.39, 0.29) is 12.3 Å². The first-order chi connectivity index (χ1) is 13.0. The highest BCUT2D eigenvalue weighted by Crippen LogP contribution is 2.49. The Labute approximate surface area is 163 Å². The molecule has 3 heteroatoms. The summed E-state index contributed by atoms with van der Waals surface area (Å²) >= 11 is 0. The standard InChI is InChI=1S/C24H34F2O/c1-3-5-16-27-23-14-11-19(12-15-23)18-6-8-20(9-7-18)21-10-13-22(4-2)24(25,26)17-21/h3,11-12,14-15,18,20-22H,1,4-10,13,16-17H2,2H3. The quantitative estimate of drug-likeness (QED) is 0.356. The monoisotopic (exact) mass is 376 g/mol. The van der Waals surface area contributed by atoms with E-state index in [0.29, 0.717) is 31.3 Å². The van der Waals surface area contributed by atoms with Crippen molar-refractivity contribution in [2.75, 3.05) is 6.61 Å². The Morgan fingerprint density at radius 3 is 2.30 bits per heavy atom. The number of rotatable bonds is 7. The van der Waals surface area contributed by atoms with Gasteiger partial charge in [-0.3, -0.25) is 0 Å². The fraction of sp³-hybridized carbons (Fsp3) is 0.667. The van der Waals surface area contributed by atoms with Gasteiger partial charge in [0.25, 0.3) is 5.92 Å². The molecule has 0 aliphatic heterocycles. The minimum absolute atomic E-state index is 0.123. The average Bonchev–Trinajstić information content (AvgIpc) is 2.68. The second-order valence-corrected chi connectivity index (χ2v) is 8.51. The number of alkyl halides is 2. The third kappa shape index (κ3) is 5.12. The first-order valence-electron chi connectivity index (χ1n) is 10.7. The molecule has 0 spiro atoms. The van der Waals surface area contributed by atoms with E-state index in [1.165, 1.54) is 5.56 Å². The van der Waals surface area contributed by atoms with E-state index in [0.717, 1.165) is 44.3 Å². The lowest BCUT2D eigenvalue weighted by molar-refractivity contribution is -0.113. The number of hydrogen-bond donors (Lipinski definition) is 0. The molecule has 0 bridgehead atoms. The molecule has 2 unspecified atom stereocenters. The van der Waals surface area contributed by atoms with Crippen LogP contribution in [0.15, 0.2) is 36.9 Å². The van der Waals surface area contributed by atoms with Gasteiger partial charge in [-0.2, -0.15) is 0 Å². The van der Waals surface area contributed by atoms with E-state index in [1.54, 1.807) is 0 Å². The van der Waals surface area contributed by atoms with E-state index in [9.17, 15) is 8.78 Å². The van der Waals surface area contributed by atoms with Crippen molar-refractivity contribution < 1.29 is 13.5 Å². The van der Waals surface area contributed by atoms with Crippen LogP contribution in [0, 0.1) is 17.8 Å². The van der Waals surface area contributed by atoms with Gasteiger partial charge in [-0.1, -0.05) is 25.1 Å². The molecule has 27 heavy (non-hydrogen) atoms. The van der Waals surface area contributed by atoms with Crippen molar-refractivity contribution in [2.24, 2.45) is 17.8 Å². The lowest BCUT2D eigenvalue weighted by Crippen LogP contribution is -2.38. The Hall–Kier alpha value is -1.38. The highest BCUT2D eigenvalue weighted by Gasteiger charge is 2.46. The first-order valence-corrected chi connectivity index (χ1v) is 10.7. The summed E-state index contributed by atoms with van der Waals surface area (Å²) in [6.07, 6.45) is 9.60. The Kier molecular flexibility index (Phi) is 6.94. The molecule has 3 rings (SSSR count). The molecule has 2 aliphatic rings. The fourth-order valence-corrected chi connectivity index (χ4v) is 5.17. The SMILES string of the molecule is C=CCCOc1ccc(C2CCC(C3CCC(CC)C(F)(F)C3)CC2)cc1. The van der Waals surface area contributed by atoms with Crippen LogP contribution in [-0.4, -0.2) is 12.5 Å². The molecule has 1 nitrogen and oxygen atoms in total. The third-order valence-electron chi connectivity index (χ3n) is 6.89. The predicted octanol–water partition coefficient (Wildman–Crippen LogP) is 7.38. The van der Waals surface area contributed by atoms with Gasteiger partial charge >= 0.3 is 0 Å². The van der Waals surface area contributed by atoms with Crippen LogP contribution >= 0.6 is 0 Å². The Bertz CT molecular complexity index is 587. The first kappa shape index (κ1) is 20.4. The summed E-state index contributed by atoms with van der Waals surface area (Å²) in [5.41, 5.74) is 1.37. The van der Waals surface area contributed by atoms with Gasteiger partial charge in [-0.05, 0) is 86.8 Å². The van der Waals surface area contributed by atoms with E-state index in [4.69, 9.17) is 4.74 Å². The molecule has 0 radical (unpaired) electrons. The minimum Gasteiger partial charge on any atom is -0.493 e. The van der Waals surface area contributed by atoms with Gasteiger partial charge in [0.05, 0.1) is 6.61 Å². The second-order valence-electron chi connectivity index (χ2n) is 8.51. The Morgan fingerprint density at radius 1 is 1.04 bits per heavy atom. The number of halogens is 2. The molecule has 2 fully saturated rings. The lowest BCUT2D eigenvalue weighted by atomic mass is 9.67. The third-order valence-corrected chi connectivity index (χ3v) is 6.89. The molecule has 0 heterocycles. The molecule has 1 aromatic carbocycles. The van der Waals surface area contributed by atoms with E-state index in [1.807, 2.05) is 13.0 Å². The zero-order chi connectivity index (χ0) is 19.3. The topological polar surface area (TPSA) is 9.23 Å².